The van der Waals surface area contributed by atoms with Crippen molar-refractivity contribution >= 4 is 10.9 Å². The molecule has 0 spiro atoms. The van der Waals surface area contributed by atoms with Crippen molar-refractivity contribution in [2.45, 2.75) is 33.2 Å². The molecule has 3 rings (SSSR count). The zero-order valence-electron chi connectivity index (χ0n) is 13.7. The fraction of sp³-hybridized carbons (Fsp3) is 0.500. The standard InChI is InChI=1S/C18H24N2O2/c1-12-5-4-8-20(10-12)11-16-13(2)19-17-7-6-14(22-3)9-15(17)18(16)21/h6-7,9,12H,4-5,8,10-11H2,1-3H3,(H,19,21)/p+1/t12-/m0/s1. The van der Waals surface area contributed by atoms with Crippen LogP contribution < -0.4 is 15.1 Å². The van der Waals surface area contributed by atoms with Crippen LogP contribution in [0.25, 0.3) is 10.9 Å². The Hall–Kier alpha value is -1.81. The summed E-state index contributed by atoms with van der Waals surface area (Å²) in [6.07, 6.45) is 2.57. The van der Waals surface area contributed by atoms with Gasteiger partial charge in [-0.25, -0.2) is 0 Å². The van der Waals surface area contributed by atoms with Crippen molar-refractivity contribution in [2.24, 2.45) is 5.92 Å². The molecule has 1 aliphatic heterocycles. The Morgan fingerprint density at radius 2 is 2.23 bits per heavy atom. The van der Waals surface area contributed by atoms with Crippen molar-refractivity contribution in [3.8, 4) is 5.75 Å². The molecule has 2 N–H and O–H groups in total. The third kappa shape index (κ3) is 2.88. The average Bonchev–Trinajstić information content (AvgIpc) is 2.51. The fourth-order valence-corrected chi connectivity index (χ4v) is 3.58. The van der Waals surface area contributed by atoms with E-state index in [0.29, 0.717) is 0 Å². The maximum Gasteiger partial charge on any atom is 0.198 e. The van der Waals surface area contributed by atoms with Crippen LogP contribution in [0.2, 0.25) is 0 Å². The number of aromatic nitrogens is 1. The predicted molar refractivity (Wildman–Crippen MR) is 88.7 cm³/mol. The van der Waals surface area contributed by atoms with Crippen LogP contribution in [-0.4, -0.2) is 25.2 Å². The minimum absolute atomic E-state index is 0.149. The maximum absolute atomic E-state index is 12.9. The Balaban J connectivity index is 1.99. The summed E-state index contributed by atoms with van der Waals surface area (Å²) in [5, 5.41) is 0.726. The lowest BCUT2D eigenvalue weighted by atomic mass is 9.99. The lowest BCUT2D eigenvalue weighted by molar-refractivity contribution is -0.922. The number of aromatic amines is 1. The number of likely N-dealkylation sites (tertiary alicyclic amines) is 1. The second-order valence-corrected chi connectivity index (χ2v) is 6.60. The van der Waals surface area contributed by atoms with Crippen LogP contribution in [0.5, 0.6) is 5.75 Å². The van der Waals surface area contributed by atoms with Crippen molar-refractivity contribution in [1.29, 1.82) is 0 Å². The normalized spacial score (nSPS) is 22.0. The van der Waals surface area contributed by atoms with Crippen molar-refractivity contribution in [3.63, 3.8) is 0 Å². The molecule has 0 radical (unpaired) electrons. The highest BCUT2D eigenvalue weighted by Gasteiger charge is 2.22. The first kappa shape index (κ1) is 15.1. The van der Waals surface area contributed by atoms with Gasteiger partial charge < -0.3 is 14.6 Å². The van der Waals surface area contributed by atoms with Gasteiger partial charge in [-0.05, 0) is 38.0 Å². The zero-order chi connectivity index (χ0) is 15.7. The number of pyridine rings is 1. The van der Waals surface area contributed by atoms with E-state index in [1.165, 1.54) is 24.3 Å². The van der Waals surface area contributed by atoms with Gasteiger partial charge in [-0.2, -0.15) is 0 Å². The van der Waals surface area contributed by atoms with Crippen LogP contribution >= 0.6 is 0 Å². The number of hydrogen-bond donors (Lipinski definition) is 2. The van der Waals surface area contributed by atoms with Gasteiger partial charge in [0.2, 0.25) is 0 Å². The Morgan fingerprint density at radius 1 is 1.41 bits per heavy atom. The number of ether oxygens (including phenoxy) is 1. The summed E-state index contributed by atoms with van der Waals surface area (Å²) >= 11 is 0. The quantitative estimate of drug-likeness (QED) is 0.906. The number of methoxy groups -OCH3 is 1. The highest BCUT2D eigenvalue weighted by Crippen LogP contribution is 2.18. The Morgan fingerprint density at radius 3 is 2.95 bits per heavy atom. The number of nitrogens with one attached hydrogen (secondary N) is 2. The van der Waals surface area contributed by atoms with Gasteiger partial charge in [0.25, 0.3) is 0 Å². The molecule has 1 aliphatic rings. The van der Waals surface area contributed by atoms with Gasteiger partial charge in [0.15, 0.2) is 5.43 Å². The summed E-state index contributed by atoms with van der Waals surface area (Å²) in [5.41, 5.74) is 2.95. The van der Waals surface area contributed by atoms with E-state index in [-0.39, 0.29) is 5.43 Å². The van der Waals surface area contributed by atoms with Crippen LogP contribution in [0.3, 0.4) is 0 Å². The molecule has 2 aromatic rings. The van der Waals surface area contributed by atoms with E-state index in [1.54, 1.807) is 7.11 Å². The van der Waals surface area contributed by atoms with E-state index in [9.17, 15) is 4.79 Å². The first-order valence-corrected chi connectivity index (χ1v) is 8.11. The Kier molecular flexibility index (Phi) is 4.21. The van der Waals surface area contributed by atoms with E-state index in [0.717, 1.165) is 46.9 Å². The van der Waals surface area contributed by atoms with Gasteiger partial charge in [0.1, 0.15) is 12.3 Å². The zero-order valence-corrected chi connectivity index (χ0v) is 13.7. The summed E-state index contributed by atoms with van der Waals surface area (Å²) < 4.78 is 5.25. The molecular weight excluding hydrogens is 276 g/mol. The van der Waals surface area contributed by atoms with Crippen LogP contribution in [0.4, 0.5) is 0 Å². The van der Waals surface area contributed by atoms with Crippen LogP contribution in [-0.2, 0) is 6.54 Å². The molecule has 118 valence electrons. The first-order valence-electron chi connectivity index (χ1n) is 8.11. The molecule has 2 atom stereocenters. The summed E-state index contributed by atoms with van der Waals surface area (Å²) in [7, 11) is 1.63. The minimum atomic E-state index is 0.149. The van der Waals surface area contributed by atoms with Gasteiger partial charge in [-0.1, -0.05) is 6.92 Å². The third-order valence-electron chi connectivity index (χ3n) is 4.81. The SMILES string of the molecule is COc1ccc2[nH]c(C)c(C[NH+]3CCC[C@H](C)C3)c(=O)c2c1. The summed E-state index contributed by atoms with van der Waals surface area (Å²) in [4.78, 5) is 17.8. The van der Waals surface area contributed by atoms with Crippen molar-refractivity contribution in [1.82, 2.24) is 4.98 Å². The smallest absolute Gasteiger partial charge is 0.198 e. The number of rotatable bonds is 3. The van der Waals surface area contributed by atoms with Crippen molar-refractivity contribution in [2.75, 3.05) is 20.2 Å². The number of benzene rings is 1. The predicted octanol–water partition coefficient (Wildman–Crippen LogP) is 1.66. The number of quaternary nitrogens is 1. The lowest BCUT2D eigenvalue weighted by Crippen LogP contribution is -3.12. The molecule has 0 amide bonds. The minimum Gasteiger partial charge on any atom is -0.497 e. The molecule has 4 nitrogen and oxygen atoms in total. The number of fused-ring (bicyclic) bond motifs is 1. The molecule has 1 fully saturated rings. The van der Waals surface area contributed by atoms with E-state index in [4.69, 9.17) is 4.74 Å². The highest BCUT2D eigenvalue weighted by molar-refractivity contribution is 5.81. The molecule has 0 bridgehead atoms. The number of H-pyrrole nitrogens is 1. The molecule has 0 saturated carbocycles. The largest absolute Gasteiger partial charge is 0.497 e. The molecule has 1 aromatic carbocycles. The van der Waals surface area contributed by atoms with Crippen molar-refractivity contribution < 1.29 is 9.64 Å². The molecular formula is C18H25N2O2+. The van der Waals surface area contributed by atoms with Gasteiger partial charge >= 0.3 is 0 Å². The monoisotopic (exact) mass is 301 g/mol. The Labute approximate surface area is 131 Å². The second-order valence-electron chi connectivity index (χ2n) is 6.60. The van der Waals surface area contributed by atoms with Gasteiger partial charge in [-0.3, -0.25) is 4.79 Å². The topological polar surface area (TPSA) is 46.5 Å². The average molecular weight is 301 g/mol. The van der Waals surface area contributed by atoms with Crippen LogP contribution in [0.1, 0.15) is 31.0 Å². The van der Waals surface area contributed by atoms with E-state index < -0.39 is 0 Å². The van der Waals surface area contributed by atoms with E-state index in [2.05, 4.69) is 11.9 Å². The second kappa shape index (κ2) is 6.13. The maximum atomic E-state index is 12.9. The van der Waals surface area contributed by atoms with Gasteiger partial charge in [0.05, 0.1) is 25.8 Å². The molecule has 4 heteroatoms. The third-order valence-corrected chi connectivity index (χ3v) is 4.81. The fourth-order valence-electron chi connectivity index (χ4n) is 3.58. The van der Waals surface area contributed by atoms with E-state index in [1.807, 2.05) is 25.1 Å². The van der Waals surface area contributed by atoms with Gasteiger partial charge in [-0.15, -0.1) is 0 Å². The highest BCUT2D eigenvalue weighted by atomic mass is 16.5. The van der Waals surface area contributed by atoms with Crippen LogP contribution in [0, 0.1) is 12.8 Å². The molecule has 1 unspecified atom stereocenters. The first-order chi connectivity index (χ1) is 10.6. The van der Waals surface area contributed by atoms with Crippen LogP contribution in [0.15, 0.2) is 23.0 Å². The molecule has 1 saturated heterocycles. The number of piperidine rings is 1. The summed E-state index contributed by atoms with van der Waals surface area (Å²) in [6, 6.07) is 5.64. The summed E-state index contributed by atoms with van der Waals surface area (Å²) in [5.74, 6) is 1.48. The molecule has 2 heterocycles. The summed E-state index contributed by atoms with van der Waals surface area (Å²) in [6.45, 7) is 7.46. The molecule has 22 heavy (non-hydrogen) atoms. The lowest BCUT2D eigenvalue weighted by Gasteiger charge is -2.28. The number of aryl methyl sites for hydroxylation is 1. The number of hydrogen-bond acceptors (Lipinski definition) is 2. The molecule has 1 aromatic heterocycles. The van der Waals surface area contributed by atoms with Crippen molar-refractivity contribution in [3.05, 3.63) is 39.7 Å². The van der Waals surface area contributed by atoms with E-state index >= 15 is 0 Å². The molecule has 0 aliphatic carbocycles. The Bertz CT molecular complexity index is 736. The van der Waals surface area contributed by atoms with Gasteiger partial charge in [0, 0.05) is 22.5 Å².